The third-order valence-electron chi connectivity index (χ3n) is 3.89. The zero-order valence-electron chi connectivity index (χ0n) is 11.9. The first-order valence-corrected chi connectivity index (χ1v) is 6.95. The predicted molar refractivity (Wildman–Crippen MR) is 77.1 cm³/mol. The van der Waals surface area contributed by atoms with Gasteiger partial charge in [-0.2, -0.15) is 0 Å². The van der Waals surface area contributed by atoms with Gasteiger partial charge in [0.25, 0.3) is 5.91 Å². The third-order valence-corrected chi connectivity index (χ3v) is 3.89. The van der Waals surface area contributed by atoms with Crippen LogP contribution in [0.4, 0.5) is 5.69 Å². The summed E-state index contributed by atoms with van der Waals surface area (Å²) in [4.78, 5) is 27.9. The Morgan fingerprint density at radius 1 is 1.35 bits per heavy atom. The number of carbonyl (C=O) groups is 2. The summed E-state index contributed by atoms with van der Waals surface area (Å²) in [5.74, 6) is 0.104. The molecule has 20 heavy (non-hydrogen) atoms. The average Bonchev–Trinajstić information content (AvgIpc) is 2.94. The summed E-state index contributed by atoms with van der Waals surface area (Å²) in [6, 6.07) is 3.80. The Morgan fingerprint density at radius 2 is 2.10 bits per heavy atom. The molecule has 2 amide bonds. The Labute approximate surface area is 118 Å². The minimum atomic E-state index is -0.0521. The van der Waals surface area contributed by atoms with Crippen LogP contribution in [0.2, 0.25) is 0 Å². The maximum absolute atomic E-state index is 12.2. The van der Waals surface area contributed by atoms with Crippen molar-refractivity contribution in [2.75, 3.05) is 38.6 Å². The zero-order chi connectivity index (χ0) is 14.3. The Balaban J connectivity index is 1.78. The van der Waals surface area contributed by atoms with Crippen LogP contribution < -0.4 is 10.2 Å². The van der Waals surface area contributed by atoms with Gasteiger partial charge in [0.15, 0.2) is 0 Å². The van der Waals surface area contributed by atoms with E-state index in [0.717, 1.165) is 36.3 Å². The van der Waals surface area contributed by atoms with E-state index in [2.05, 4.69) is 5.32 Å². The molecule has 0 atom stereocenters. The second-order valence-corrected chi connectivity index (χ2v) is 5.67. The third kappa shape index (κ3) is 2.18. The van der Waals surface area contributed by atoms with E-state index >= 15 is 0 Å². The van der Waals surface area contributed by atoms with Gasteiger partial charge in [0, 0.05) is 25.2 Å². The summed E-state index contributed by atoms with van der Waals surface area (Å²) in [6.45, 7) is 2.20. The van der Waals surface area contributed by atoms with Crippen LogP contribution in [0.25, 0.3) is 0 Å². The van der Waals surface area contributed by atoms with Crippen LogP contribution >= 0.6 is 0 Å². The van der Waals surface area contributed by atoms with Crippen LogP contribution in [0.15, 0.2) is 12.1 Å². The molecule has 1 N–H and O–H groups in total. The normalized spacial score (nSPS) is 15.9. The fourth-order valence-corrected chi connectivity index (χ4v) is 2.91. The van der Waals surface area contributed by atoms with Crippen molar-refractivity contribution in [3.63, 3.8) is 0 Å². The van der Waals surface area contributed by atoms with Crippen molar-refractivity contribution in [1.82, 2.24) is 10.2 Å². The molecule has 2 aliphatic heterocycles. The molecule has 0 saturated heterocycles. The number of hydrogen-bond donors (Lipinski definition) is 1. The lowest BCUT2D eigenvalue weighted by Gasteiger charge is -2.12. The quantitative estimate of drug-likeness (QED) is 0.865. The smallest absolute Gasteiger partial charge is 0.251 e. The van der Waals surface area contributed by atoms with Gasteiger partial charge in [-0.25, -0.2) is 0 Å². The van der Waals surface area contributed by atoms with Crippen molar-refractivity contribution in [3.05, 3.63) is 28.8 Å². The van der Waals surface area contributed by atoms with Crippen molar-refractivity contribution in [1.29, 1.82) is 0 Å². The van der Waals surface area contributed by atoms with Crippen LogP contribution in [0, 0.1) is 0 Å². The molecule has 2 aliphatic rings. The van der Waals surface area contributed by atoms with Crippen molar-refractivity contribution in [2.45, 2.75) is 12.8 Å². The van der Waals surface area contributed by atoms with Gasteiger partial charge in [-0.3, -0.25) is 9.59 Å². The molecule has 5 heteroatoms. The number of amides is 2. The summed E-state index contributed by atoms with van der Waals surface area (Å²) >= 11 is 0. The van der Waals surface area contributed by atoms with E-state index in [9.17, 15) is 9.59 Å². The van der Waals surface area contributed by atoms with E-state index in [0.29, 0.717) is 18.5 Å². The number of likely N-dealkylation sites (N-methyl/N-ethyl adjacent to an activating group) is 1. The van der Waals surface area contributed by atoms with E-state index in [1.165, 1.54) is 0 Å². The lowest BCUT2D eigenvalue weighted by Crippen LogP contribution is -2.31. The average molecular weight is 273 g/mol. The van der Waals surface area contributed by atoms with Gasteiger partial charge >= 0.3 is 0 Å². The Hall–Kier alpha value is -1.88. The maximum Gasteiger partial charge on any atom is 0.251 e. The van der Waals surface area contributed by atoms with Crippen molar-refractivity contribution >= 4 is 17.5 Å². The first-order valence-electron chi connectivity index (χ1n) is 6.95. The van der Waals surface area contributed by atoms with Crippen molar-refractivity contribution < 1.29 is 9.59 Å². The van der Waals surface area contributed by atoms with Crippen LogP contribution in [-0.4, -0.2) is 50.4 Å². The van der Waals surface area contributed by atoms with Crippen molar-refractivity contribution in [3.8, 4) is 0 Å². The standard InChI is InChI=1S/C15H19N3O2/c1-17(2)6-4-16-15(20)12-7-10-3-5-18-13(19)9-11(8-12)14(10)18/h7-8H,3-6,9H2,1-2H3,(H,16,20). The summed E-state index contributed by atoms with van der Waals surface area (Å²) < 4.78 is 0. The minimum absolute atomic E-state index is 0.0521. The Morgan fingerprint density at radius 3 is 2.85 bits per heavy atom. The Kier molecular flexibility index (Phi) is 3.22. The van der Waals surface area contributed by atoms with E-state index in [-0.39, 0.29) is 11.8 Å². The predicted octanol–water partition coefficient (Wildman–Crippen LogP) is 0.423. The largest absolute Gasteiger partial charge is 0.351 e. The summed E-state index contributed by atoms with van der Waals surface area (Å²) in [5.41, 5.74) is 3.86. The number of nitrogens with zero attached hydrogens (tertiary/aromatic N) is 2. The molecule has 0 bridgehead atoms. The first-order chi connectivity index (χ1) is 9.56. The van der Waals surface area contributed by atoms with Gasteiger partial charge in [0.2, 0.25) is 5.91 Å². The van der Waals surface area contributed by atoms with E-state index in [1.54, 1.807) is 0 Å². The molecule has 0 saturated carbocycles. The molecule has 1 aromatic carbocycles. The second-order valence-electron chi connectivity index (χ2n) is 5.67. The fourth-order valence-electron chi connectivity index (χ4n) is 2.91. The van der Waals surface area contributed by atoms with Gasteiger partial charge < -0.3 is 15.1 Å². The number of hydrogen-bond acceptors (Lipinski definition) is 3. The van der Waals surface area contributed by atoms with Gasteiger partial charge in [0.05, 0.1) is 12.1 Å². The maximum atomic E-state index is 12.2. The zero-order valence-corrected chi connectivity index (χ0v) is 11.9. The molecule has 0 fully saturated rings. The Bertz CT molecular complexity index is 581. The number of nitrogens with one attached hydrogen (secondary N) is 1. The molecule has 0 aromatic heterocycles. The number of benzene rings is 1. The molecular formula is C15H19N3O2. The molecule has 0 spiro atoms. The molecular weight excluding hydrogens is 254 g/mol. The van der Waals surface area contributed by atoms with E-state index in [4.69, 9.17) is 0 Å². The SMILES string of the molecule is CN(C)CCNC(=O)c1cc2c3c(c1)CC(=O)N3CC2. The number of rotatable bonds is 4. The highest BCUT2D eigenvalue weighted by molar-refractivity contribution is 6.05. The molecule has 2 heterocycles. The minimum Gasteiger partial charge on any atom is -0.351 e. The molecule has 5 nitrogen and oxygen atoms in total. The van der Waals surface area contributed by atoms with Gasteiger partial charge in [0.1, 0.15) is 0 Å². The summed E-state index contributed by atoms with van der Waals surface area (Å²) in [6.07, 6.45) is 1.29. The van der Waals surface area contributed by atoms with Crippen LogP contribution in [0.5, 0.6) is 0 Å². The highest BCUT2D eigenvalue weighted by Crippen LogP contribution is 2.38. The van der Waals surface area contributed by atoms with Gasteiger partial charge in [-0.05, 0) is 43.8 Å². The first kappa shape index (κ1) is 13.1. The topological polar surface area (TPSA) is 52.7 Å². The monoisotopic (exact) mass is 273 g/mol. The fraction of sp³-hybridized carbons (Fsp3) is 0.467. The summed E-state index contributed by atoms with van der Waals surface area (Å²) in [7, 11) is 3.95. The summed E-state index contributed by atoms with van der Waals surface area (Å²) in [5, 5.41) is 2.92. The van der Waals surface area contributed by atoms with Gasteiger partial charge in [-0.15, -0.1) is 0 Å². The van der Waals surface area contributed by atoms with Crippen LogP contribution in [-0.2, 0) is 17.6 Å². The molecule has 0 aliphatic carbocycles. The second kappa shape index (κ2) is 4.90. The molecule has 0 radical (unpaired) electrons. The number of carbonyl (C=O) groups excluding carboxylic acids is 2. The lowest BCUT2D eigenvalue weighted by molar-refractivity contribution is -0.117. The highest BCUT2D eigenvalue weighted by atomic mass is 16.2. The van der Waals surface area contributed by atoms with E-state index in [1.807, 2.05) is 36.0 Å². The van der Waals surface area contributed by atoms with E-state index < -0.39 is 0 Å². The van der Waals surface area contributed by atoms with Crippen molar-refractivity contribution in [2.24, 2.45) is 0 Å². The van der Waals surface area contributed by atoms with Crippen LogP contribution in [0.1, 0.15) is 21.5 Å². The molecule has 0 unspecified atom stereocenters. The number of anilines is 1. The lowest BCUT2D eigenvalue weighted by atomic mass is 10.0. The molecule has 106 valence electrons. The highest BCUT2D eigenvalue weighted by Gasteiger charge is 2.34. The van der Waals surface area contributed by atoms with Gasteiger partial charge in [-0.1, -0.05) is 0 Å². The van der Waals surface area contributed by atoms with Crippen LogP contribution in [0.3, 0.4) is 0 Å². The molecule has 1 aromatic rings. The molecule has 3 rings (SSSR count).